The van der Waals surface area contributed by atoms with Crippen LogP contribution in [-0.2, 0) is 11.3 Å². The van der Waals surface area contributed by atoms with E-state index in [-0.39, 0.29) is 12.0 Å². The molecule has 2 aromatic carbocycles. The molecule has 1 saturated heterocycles. The van der Waals surface area contributed by atoms with Crippen molar-refractivity contribution in [3.63, 3.8) is 0 Å². The van der Waals surface area contributed by atoms with E-state index >= 15 is 0 Å². The van der Waals surface area contributed by atoms with Crippen molar-refractivity contribution in [2.24, 2.45) is 0 Å². The molecule has 1 amide bonds. The Hall–Kier alpha value is -2.80. The highest BCUT2D eigenvalue weighted by Crippen LogP contribution is 2.30. The van der Waals surface area contributed by atoms with Crippen molar-refractivity contribution in [1.29, 1.82) is 0 Å². The number of nitrogens with zero attached hydrogens (tertiary/aromatic N) is 2. The molecule has 7 heteroatoms. The van der Waals surface area contributed by atoms with Gasteiger partial charge in [0.2, 0.25) is 0 Å². The normalized spacial score (nSPS) is 15.6. The van der Waals surface area contributed by atoms with Crippen LogP contribution in [0.1, 0.15) is 29.0 Å². The molecule has 34 heavy (non-hydrogen) atoms. The van der Waals surface area contributed by atoms with Crippen molar-refractivity contribution in [2.45, 2.75) is 30.4 Å². The largest absolute Gasteiger partial charge is 0.459 e. The zero-order valence-electron chi connectivity index (χ0n) is 18.9. The Balaban J connectivity index is 1.58. The van der Waals surface area contributed by atoms with Gasteiger partial charge >= 0.3 is 0 Å². The second kappa shape index (κ2) is 10.2. The van der Waals surface area contributed by atoms with Gasteiger partial charge in [0.25, 0.3) is 5.91 Å². The number of amides is 1. The molecule has 1 aliphatic rings. The molecule has 174 valence electrons. The molecule has 1 fully saturated rings. The molecular weight excluding hydrogens is 468 g/mol. The van der Waals surface area contributed by atoms with Crippen LogP contribution in [0.15, 0.2) is 76.2 Å². The summed E-state index contributed by atoms with van der Waals surface area (Å²) in [6, 6.07) is 19.5. The van der Waals surface area contributed by atoms with Gasteiger partial charge in [-0.15, -0.1) is 11.8 Å². The second-order valence-corrected chi connectivity index (χ2v) is 9.68. The van der Waals surface area contributed by atoms with Crippen molar-refractivity contribution in [2.75, 3.05) is 19.4 Å². The molecule has 0 aliphatic carbocycles. The number of carbonyl (C=O) groups is 1. The number of furan rings is 1. The molecule has 2 aromatic heterocycles. The van der Waals surface area contributed by atoms with E-state index in [0.29, 0.717) is 23.9 Å². The molecule has 0 radical (unpaired) electrons. The highest BCUT2D eigenvalue weighted by atomic mass is 35.5. The molecule has 0 N–H and O–H groups in total. The Kier molecular flexibility index (Phi) is 6.90. The van der Waals surface area contributed by atoms with Gasteiger partial charge in [-0.05, 0) is 67.1 Å². The van der Waals surface area contributed by atoms with Crippen LogP contribution < -0.4 is 0 Å². The van der Waals surface area contributed by atoms with Crippen molar-refractivity contribution in [3.8, 4) is 11.3 Å². The van der Waals surface area contributed by atoms with Gasteiger partial charge in [-0.3, -0.25) is 4.79 Å². The predicted octanol–water partition coefficient (Wildman–Crippen LogP) is 6.69. The summed E-state index contributed by atoms with van der Waals surface area (Å²) in [4.78, 5) is 21.4. The van der Waals surface area contributed by atoms with Gasteiger partial charge in [-0.2, -0.15) is 0 Å². The van der Waals surface area contributed by atoms with E-state index in [1.165, 1.54) is 6.26 Å². The van der Waals surface area contributed by atoms with E-state index in [2.05, 4.69) is 30.5 Å². The first-order valence-corrected chi connectivity index (χ1v) is 12.9. The molecular formula is C27H25ClN2O3S. The van der Waals surface area contributed by atoms with E-state index in [1.807, 2.05) is 29.2 Å². The van der Waals surface area contributed by atoms with E-state index < -0.39 is 0 Å². The standard InChI is InChI=1S/C27H25ClN2O3S/c1-34-23-11-8-19-14-20(26(29-24(19)15-23)18-6-9-21(28)10-7-18)16-30(17-22-4-2-12-32-22)27(31)25-5-3-13-33-25/h3,5-11,13-15,22H,2,4,12,16-17H2,1H3/t22-/m1/s1. The van der Waals surface area contributed by atoms with Crippen LogP contribution in [0.2, 0.25) is 5.02 Å². The SMILES string of the molecule is CSc1ccc2cc(CN(C[C@H]3CCCO3)C(=O)c3ccco3)c(-c3ccc(Cl)cc3)nc2c1. The summed E-state index contributed by atoms with van der Waals surface area (Å²) in [5.74, 6) is 0.171. The van der Waals surface area contributed by atoms with Crippen LogP contribution in [0, 0.1) is 0 Å². The number of hydrogen-bond donors (Lipinski definition) is 0. The minimum absolute atomic E-state index is 0.0236. The molecule has 3 heterocycles. The van der Waals surface area contributed by atoms with Crippen molar-refractivity contribution in [3.05, 3.63) is 83.3 Å². The Bertz CT molecular complexity index is 1290. The first-order valence-electron chi connectivity index (χ1n) is 11.3. The number of benzene rings is 2. The Morgan fingerprint density at radius 3 is 2.74 bits per heavy atom. The second-order valence-electron chi connectivity index (χ2n) is 8.36. The molecule has 0 saturated carbocycles. The summed E-state index contributed by atoms with van der Waals surface area (Å²) < 4.78 is 11.3. The van der Waals surface area contributed by atoms with Gasteiger partial charge in [-0.1, -0.05) is 29.8 Å². The summed E-state index contributed by atoms with van der Waals surface area (Å²) in [5.41, 5.74) is 3.68. The first kappa shape index (κ1) is 23.0. The molecule has 4 aromatic rings. The monoisotopic (exact) mass is 492 g/mol. The fraction of sp³-hybridized carbons (Fsp3) is 0.259. The average Bonchev–Trinajstić information content (AvgIpc) is 3.58. The van der Waals surface area contributed by atoms with Crippen LogP contribution in [0.5, 0.6) is 0 Å². The van der Waals surface area contributed by atoms with E-state index in [0.717, 1.165) is 52.1 Å². The van der Waals surface area contributed by atoms with E-state index in [1.54, 1.807) is 23.9 Å². The minimum atomic E-state index is -0.152. The van der Waals surface area contributed by atoms with Crippen molar-refractivity contribution >= 4 is 40.2 Å². The number of thioether (sulfide) groups is 1. The topological polar surface area (TPSA) is 55.6 Å². The predicted molar refractivity (Wildman–Crippen MR) is 136 cm³/mol. The quantitative estimate of drug-likeness (QED) is 0.269. The molecule has 0 unspecified atom stereocenters. The lowest BCUT2D eigenvalue weighted by molar-refractivity contribution is 0.0484. The van der Waals surface area contributed by atoms with Crippen molar-refractivity contribution in [1.82, 2.24) is 9.88 Å². The number of aromatic nitrogens is 1. The van der Waals surface area contributed by atoms with Gasteiger partial charge in [0, 0.05) is 40.6 Å². The zero-order valence-corrected chi connectivity index (χ0v) is 20.4. The third-order valence-electron chi connectivity index (χ3n) is 6.05. The summed E-state index contributed by atoms with van der Waals surface area (Å²) >= 11 is 7.84. The third-order valence-corrected chi connectivity index (χ3v) is 7.03. The molecule has 0 bridgehead atoms. The highest BCUT2D eigenvalue weighted by molar-refractivity contribution is 7.98. The number of carbonyl (C=O) groups excluding carboxylic acids is 1. The maximum Gasteiger partial charge on any atom is 0.289 e. The summed E-state index contributed by atoms with van der Waals surface area (Å²) in [7, 11) is 0. The average molecular weight is 493 g/mol. The molecule has 5 nitrogen and oxygen atoms in total. The van der Waals surface area contributed by atoms with Crippen molar-refractivity contribution < 1.29 is 13.9 Å². The van der Waals surface area contributed by atoms with Gasteiger partial charge in [0.1, 0.15) is 0 Å². The number of rotatable bonds is 7. The summed E-state index contributed by atoms with van der Waals surface area (Å²) in [5, 5.41) is 1.71. The fourth-order valence-corrected chi connectivity index (χ4v) is 4.87. The lowest BCUT2D eigenvalue weighted by Gasteiger charge is -2.26. The van der Waals surface area contributed by atoms with Gasteiger partial charge in [0.15, 0.2) is 5.76 Å². The van der Waals surface area contributed by atoms with Crippen LogP contribution in [-0.4, -0.2) is 41.3 Å². The Labute approximate surface area is 208 Å². The first-order chi connectivity index (χ1) is 16.6. The maximum atomic E-state index is 13.4. The van der Waals surface area contributed by atoms with Crippen LogP contribution in [0.4, 0.5) is 0 Å². The maximum absolute atomic E-state index is 13.4. The fourth-order valence-electron chi connectivity index (χ4n) is 4.31. The highest BCUT2D eigenvalue weighted by Gasteiger charge is 2.26. The number of ether oxygens (including phenoxy) is 1. The van der Waals surface area contributed by atoms with E-state index in [4.69, 9.17) is 25.7 Å². The van der Waals surface area contributed by atoms with Gasteiger partial charge in [0.05, 0.1) is 23.6 Å². The van der Waals surface area contributed by atoms with Crippen LogP contribution in [0.25, 0.3) is 22.2 Å². The Morgan fingerprint density at radius 1 is 1.18 bits per heavy atom. The van der Waals surface area contributed by atoms with Crippen LogP contribution >= 0.6 is 23.4 Å². The van der Waals surface area contributed by atoms with Gasteiger partial charge in [-0.25, -0.2) is 4.98 Å². The number of halogens is 1. The number of pyridine rings is 1. The zero-order chi connectivity index (χ0) is 23.5. The number of hydrogen-bond acceptors (Lipinski definition) is 5. The molecule has 5 rings (SSSR count). The van der Waals surface area contributed by atoms with Gasteiger partial charge < -0.3 is 14.1 Å². The Morgan fingerprint density at radius 2 is 2.03 bits per heavy atom. The van der Waals surface area contributed by atoms with Crippen LogP contribution in [0.3, 0.4) is 0 Å². The lowest BCUT2D eigenvalue weighted by atomic mass is 10.0. The number of fused-ring (bicyclic) bond motifs is 1. The smallest absolute Gasteiger partial charge is 0.289 e. The molecule has 1 aliphatic heterocycles. The lowest BCUT2D eigenvalue weighted by Crippen LogP contribution is -2.37. The summed E-state index contributed by atoms with van der Waals surface area (Å²) in [6.45, 7) is 1.63. The minimum Gasteiger partial charge on any atom is -0.459 e. The third kappa shape index (κ3) is 4.99. The molecule has 0 spiro atoms. The van der Waals surface area contributed by atoms with E-state index in [9.17, 15) is 4.79 Å². The summed E-state index contributed by atoms with van der Waals surface area (Å²) in [6.07, 6.45) is 5.56. The molecule has 1 atom stereocenters.